The van der Waals surface area contributed by atoms with Crippen LogP contribution < -0.4 is 43.4 Å². The number of nitrogens with two attached hydrogens (primary N) is 2. The first-order valence-electron chi connectivity index (χ1n) is 14.4. The van der Waals surface area contributed by atoms with E-state index in [1.165, 1.54) is 20.8 Å². The van der Waals surface area contributed by atoms with Crippen molar-refractivity contribution in [2.45, 2.75) is 104 Å². The third kappa shape index (κ3) is 14.3. The van der Waals surface area contributed by atoms with E-state index in [2.05, 4.69) is 31.9 Å². The molecule has 0 aliphatic heterocycles. The highest BCUT2D eigenvalue weighted by Crippen LogP contribution is 2.06. The molecule has 18 heteroatoms. The number of rotatable bonds is 19. The summed E-state index contributed by atoms with van der Waals surface area (Å²) in [5.41, 5.74) is 10.3. The van der Waals surface area contributed by atoms with E-state index in [9.17, 15) is 48.6 Å². The number of aliphatic hydroxyl groups is 1. The maximum absolute atomic E-state index is 13.0. The van der Waals surface area contributed by atoms with Crippen LogP contribution in [0.25, 0.3) is 0 Å². The first-order chi connectivity index (χ1) is 20.7. The van der Waals surface area contributed by atoms with Gasteiger partial charge in [-0.05, 0) is 39.0 Å². The molecule has 0 aliphatic rings. The van der Waals surface area contributed by atoms with Crippen molar-refractivity contribution in [2.75, 3.05) is 6.54 Å². The molecule has 0 rings (SSSR count). The van der Waals surface area contributed by atoms with Crippen molar-refractivity contribution in [1.82, 2.24) is 31.9 Å². The van der Waals surface area contributed by atoms with Crippen LogP contribution in [0.3, 0.4) is 0 Å². The summed E-state index contributed by atoms with van der Waals surface area (Å²) in [5, 5.41) is 33.7. The van der Waals surface area contributed by atoms with E-state index in [1.54, 1.807) is 27.7 Å². The normalized spacial score (nSPS) is 15.7. The fourth-order valence-electron chi connectivity index (χ4n) is 3.81. The smallest absolute Gasteiger partial charge is 0.326 e. The number of hydrogen-bond acceptors (Lipinski definition) is 10. The second-order valence-electron chi connectivity index (χ2n) is 11.3. The lowest BCUT2D eigenvalue weighted by atomic mass is 10.0. The molecule has 7 amide bonds. The molecule has 45 heavy (non-hydrogen) atoms. The Hall–Kier alpha value is -4.32. The van der Waals surface area contributed by atoms with Gasteiger partial charge in [0.15, 0.2) is 0 Å². The molecule has 256 valence electrons. The Morgan fingerprint density at radius 2 is 1.00 bits per heavy atom. The number of primary amides is 1. The fraction of sp³-hybridized carbons (Fsp3) is 0.704. The van der Waals surface area contributed by atoms with Crippen molar-refractivity contribution < 1.29 is 48.6 Å². The summed E-state index contributed by atoms with van der Waals surface area (Å²) in [6.45, 7) is 9.98. The van der Waals surface area contributed by atoms with Crippen molar-refractivity contribution in [3.63, 3.8) is 0 Å². The minimum atomic E-state index is -1.51. The van der Waals surface area contributed by atoms with Gasteiger partial charge in [-0.2, -0.15) is 0 Å². The predicted molar refractivity (Wildman–Crippen MR) is 159 cm³/mol. The number of aliphatic hydroxyl groups excluding tert-OH is 1. The first-order valence-corrected chi connectivity index (χ1v) is 14.4. The Morgan fingerprint density at radius 3 is 1.40 bits per heavy atom. The van der Waals surface area contributed by atoms with Crippen molar-refractivity contribution in [3.8, 4) is 0 Å². The third-order valence-electron chi connectivity index (χ3n) is 6.56. The Balaban J connectivity index is 5.44. The highest BCUT2D eigenvalue weighted by Gasteiger charge is 2.34. The minimum absolute atomic E-state index is 0.256. The van der Waals surface area contributed by atoms with Gasteiger partial charge in [-0.1, -0.05) is 27.7 Å². The van der Waals surface area contributed by atoms with Gasteiger partial charge in [0.2, 0.25) is 41.4 Å². The van der Waals surface area contributed by atoms with Gasteiger partial charge in [-0.25, -0.2) is 4.79 Å². The molecule has 0 aromatic heterocycles. The Labute approximate surface area is 261 Å². The first kappa shape index (κ1) is 40.7. The van der Waals surface area contributed by atoms with Crippen molar-refractivity contribution >= 4 is 47.3 Å². The van der Waals surface area contributed by atoms with Crippen LogP contribution in [0.5, 0.6) is 0 Å². The number of carboxylic acid groups (broad SMARTS) is 1. The lowest BCUT2D eigenvalue weighted by Crippen LogP contribution is -2.61. The van der Waals surface area contributed by atoms with Gasteiger partial charge in [0.1, 0.15) is 36.3 Å². The standard InChI is InChI=1S/C27H48N8O10/c1-11(2)19(33-18(38)10-28)25(42)35-21(15(7)36)26(43)31-14(6)23(40)34-20(12(3)4)24(41)30-13(5)22(39)32-16(27(44)45)8-9-17(29)37/h11-16,19-21,36H,8-10,28H2,1-7H3,(H2,29,37)(H,30,41)(H,31,43)(H,32,39)(H,33,38)(H,34,40)(H,35,42)(H,44,45)/t13-,14-,15+,16-,19-,20-,21-/m0/s1. The maximum Gasteiger partial charge on any atom is 0.326 e. The molecule has 0 fully saturated rings. The van der Waals surface area contributed by atoms with Crippen molar-refractivity contribution in [2.24, 2.45) is 23.3 Å². The van der Waals surface area contributed by atoms with Crippen molar-refractivity contribution in [1.29, 1.82) is 0 Å². The largest absolute Gasteiger partial charge is 0.480 e. The lowest BCUT2D eigenvalue weighted by Gasteiger charge is -2.28. The molecular formula is C27H48N8O10. The van der Waals surface area contributed by atoms with E-state index >= 15 is 0 Å². The summed E-state index contributed by atoms with van der Waals surface area (Å²) in [6, 6.07) is -7.68. The van der Waals surface area contributed by atoms with E-state index in [0.717, 1.165) is 0 Å². The Morgan fingerprint density at radius 1 is 0.600 bits per heavy atom. The van der Waals surface area contributed by atoms with Gasteiger partial charge in [-0.15, -0.1) is 0 Å². The van der Waals surface area contributed by atoms with Crippen LogP contribution >= 0.6 is 0 Å². The van der Waals surface area contributed by atoms with Crippen molar-refractivity contribution in [3.05, 3.63) is 0 Å². The van der Waals surface area contributed by atoms with Gasteiger partial charge in [-0.3, -0.25) is 33.6 Å². The minimum Gasteiger partial charge on any atom is -0.480 e. The number of carboxylic acids is 1. The summed E-state index contributed by atoms with van der Waals surface area (Å²) in [7, 11) is 0. The number of carbonyl (C=O) groups excluding carboxylic acids is 7. The summed E-state index contributed by atoms with van der Waals surface area (Å²) >= 11 is 0. The van der Waals surface area contributed by atoms with Crippen LogP contribution in [0.15, 0.2) is 0 Å². The molecule has 0 spiro atoms. The van der Waals surface area contributed by atoms with Gasteiger partial charge in [0, 0.05) is 6.42 Å². The van der Waals surface area contributed by atoms with E-state index < -0.39 is 102 Å². The number of nitrogens with one attached hydrogen (secondary N) is 6. The van der Waals surface area contributed by atoms with Gasteiger partial charge in [0.25, 0.3) is 0 Å². The van der Waals surface area contributed by atoms with Crippen LogP contribution in [-0.2, 0) is 38.4 Å². The zero-order valence-corrected chi connectivity index (χ0v) is 26.6. The van der Waals surface area contributed by atoms with E-state index in [1.807, 2.05) is 0 Å². The quantitative estimate of drug-likeness (QED) is 0.0645. The van der Waals surface area contributed by atoms with E-state index in [0.29, 0.717) is 0 Å². The molecule has 0 aliphatic carbocycles. The van der Waals surface area contributed by atoms with Crippen LogP contribution in [0.1, 0.15) is 61.3 Å². The SMILES string of the molecule is CC(C)[C@H](NC(=O)CN)C(=O)N[C@H](C(=O)N[C@@H](C)C(=O)N[C@H](C(=O)N[C@@H](C)C(=O)N[C@@H](CCC(N)=O)C(=O)O)C(C)C)[C@@H](C)O. The number of hydrogen-bond donors (Lipinski definition) is 10. The van der Waals surface area contributed by atoms with E-state index in [4.69, 9.17) is 11.5 Å². The Kier molecular flexibility index (Phi) is 17.3. The van der Waals surface area contributed by atoms with Gasteiger partial charge < -0.3 is 53.6 Å². The molecule has 18 nitrogen and oxygen atoms in total. The van der Waals surface area contributed by atoms with Crippen LogP contribution in [0.4, 0.5) is 0 Å². The van der Waals surface area contributed by atoms with Crippen LogP contribution in [-0.4, -0.2) is 106 Å². The zero-order valence-electron chi connectivity index (χ0n) is 26.6. The molecule has 0 radical (unpaired) electrons. The topological polar surface area (TPSA) is 301 Å². The summed E-state index contributed by atoms with van der Waals surface area (Å²) in [5.74, 6) is -7.78. The average molecular weight is 645 g/mol. The molecule has 0 bridgehead atoms. The monoisotopic (exact) mass is 644 g/mol. The average Bonchev–Trinajstić information content (AvgIpc) is 2.93. The highest BCUT2D eigenvalue weighted by molar-refractivity contribution is 5.97. The molecule has 7 atom stereocenters. The highest BCUT2D eigenvalue weighted by atomic mass is 16.4. The second kappa shape index (κ2) is 19.1. The summed E-state index contributed by atoms with van der Waals surface area (Å²) in [4.78, 5) is 98.2. The van der Waals surface area contributed by atoms with Crippen LogP contribution in [0, 0.1) is 11.8 Å². The number of amides is 7. The molecule has 0 aromatic rings. The summed E-state index contributed by atoms with van der Waals surface area (Å²) in [6.07, 6.45) is -1.95. The summed E-state index contributed by atoms with van der Waals surface area (Å²) < 4.78 is 0. The lowest BCUT2D eigenvalue weighted by molar-refractivity contribution is -0.142. The van der Waals surface area contributed by atoms with Crippen LogP contribution in [0.2, 0.25) is 0 Å². The zero-order chi connectivity index (χ0) is 35.2. The van der Waals surface area contributed by atoms with Gasteiger partial charge in [0.05, 0.1) is 12.6 Å². The molecular weight excluding hydrogens is 596 g/mol. The maximum atomic E-state index is 13.0. The Bertz CT molecular complexity index is 1100. The molecule has 0 saturated heterocycles. The molecule has 0 heterocycles. The number of aliphatic carboxylic acids is 1. The molecule has 0 aromatic carbocycles. The number of carbonyl (C=O) groups is 8. The third-order valence-corrected chi connectivity index (χ3v) is 6.56. The second-order valence-corrected chi connectivity index (χ2v) is 11.3. The molecule has 0 saturated carbocycles. The van der Waals surface area contributed by atoms with E-state index in [-0.39, 0.29) is 19.4 Å². The predicted octanol–water partition coefficient (Wildman–Crippen LogP) is -4.06. The van der Waals surface area contributed by atoms with Gasteiger partial charge >= 0.3 is 5.97 Å². The molecule has 12 N–H and O–H groups in total. The molecule has 0 unspecified atom stereocenters. The fourth-order valence-corrected chi connectivity index (χ4v) is 3.81.